The zero-order valence-electron chi connectivity index (χ0n) is 24.2. The SMILES string of the molecule is CCOc1cc(C=Nn2c(-c3cc4c(OC)cccc4o3)nc3ccccc3c2=O)cc(I)c1OCc1cccc(C(=O)O)c1. The van der Waals surface area contributed by atoms with Gasteiger partial charge in [0.25, 0.3) is 5.56 Å². The summed E-state index contributed by atoms with van der Waals surface area (Å²) >= 11 is 2.15. The van der Waals surface area contributed by atoms with Gasteiger partial charge in [-0.15, -0.1) is 0 Å². The Morgan fingerprint density at radius 1 is 1.00 bits per heavy atom. The van der Waals surface area contributed by atoms with Crippen molar-refractivity contribution in [2.45, 2.75) is 13.5 Å². The molecule has 11 heteroatoms. The number of furan rings is 1. The van der Waals surface area contributed by atoms with Crippen molar-refractivity contribution in [1.29, 1.82) is 0 Å². The van der Waals surface area contributed by atoms with Crippen LogP contribution in [0.15, 0.2) is 99.2 Å². The second-order valence-corrected chi connectivity index (χ2v) is 11.0. The fourth-order valence-electron chi connectivity index (χ4n) is 4.85. The molecule has 0 amide bonds. The zero-order valence-corrected chi connectivity index (χ0v) is 26.3. The van der Waals surface area contributed by atoms with Gasteiger partial charge in [0.2, 0.25) is 5.82 Å². The average molecular weight is 716 g/mol. The van der Waals surface area contributed by atoms with Crippen LogP contribution < -0.4 is 19.8 Å². The molecule has 226 valence electrons. The van der Waals surface area contributed by atoms with Gasteiger partial charge in [-0.1, -0.05) is 30.3 Å². The summed E-state index contributed by atoms with van der Waals surface area (Å²) in [7, 11) is 1.58. The maximum atomic E-state index is 13.7. The number of carbonyl (C=O) groups is 1. The number of carboxylic acids is 1. The Hall–Kier alpha value is -5.17. The minimum atomic E-state index is -1.01. The molecule has 1 N–H and O–H groups in total. The molecule has 45 heavy (non-hydrogen) atoms. The largest absolute Gasteiger partial charge is 0.496 e. The summed E-state index contributed by atoms with van der Waals surface area (Å²) < 4.78 is 25.6. The highest BCUT2D eigenvalue weighted by Crippen LogP contribution is 2.35. The van der Waals surface area contributed by atoms with Gasteiger partial charge in [-0.05, 0) is 95.2 Å². The van der Waals surface area contributed by atoms with Crippen LogP contribution in [0, 0.1) is 3.57 Å². The second kappa shape index (κ2) is 12.8. The number of aromatic carboxylic acids is 1. The van der Waals surface area contributed by atoms with E-state index in [1.165, 1.54) is 10.7 Å². The third-order valence-electron chi connectivity index (χ3n) is 6.93. The molecule has 0 fully saturated rings. The Morgan fingerprint density at radius 2 is 1.82 bits per heavy atom. The van der Waals surface area contributed by atoms with Crippen LogP contribution in [0.25, 0.3) is 33.5 Å². The van der Waals surface area contributed by atoms with Crippen molar-refractivity contribution in [3.05, 3.63) is 116 Å². The summed E-state index contributed by atoms with van der Waals surface area (Å²) in [6.45, 7) is 2.40. The number of nitrogens with zero attached hydrogens (tertiary/aromatic N) is 3. The van der Waals surface area contributed by atoms with E-state index in [9.17, 15) is 14.7 Å². The van der Waals surface area contributed by atoms with Crippen LogP contribution in [0.1, 0.15) is 28.4 Å². The first kappa shape index (κ1) is 29.9. The Balaban J connectivity index is 1.39. The summed E-state index contributed by atoms with van der Waals surface area (Å²) in [5, 5.41) is 15.0. The number of fused-ring (bicyclic) bond motifs is 2. The van der Waals surface area contributed by atoms with Crippen LogP contribution in [-0.2, 0) is 6.61 Å². The molecule has 0 saturated carbocycles. The lowest BCUT2D eigenvalue weighted by Crippen LogP contribution is -2.20. The molecular weight excluding hydrogens is 689 g/mol. The van der Waals surface area contributed by atoms with E-state index < -0.39 is 5.97 Å². The van der Waals surface area contributed by atoms with Gasteiger partial charge in [-0.2, -0.15) is 9.78 Å². The first-order chi connectivity index (χ1) is 21.9. The maximum absolute atomic E-state index is 13.7. The quantitative estimate of drug-likeness (QED) is 0.119. The molecule has 0 aliphatic carbocycles. The number of hydrogen-bond donors (Lipinski definition) is 1. The van der Waals surface area contributed by atoms with Crippen molar-refractivity contribution in [2.75, 3.05) is 13.7 Å². The van der Waals surface area contributed by atoms with Gasteiger partial charge in [-0.3, -0.25) is 4.79 Å². The fraction of sp³-hybridized carbons (Fsp3) is 0.118. The summed E-state index contributed by atoms with van der Waals surface area (Å²) in [5.74, 6) is 1.21. The number of halogens is 1. The third kappa shape index (κ3) is 6.11. The molecule has 0 radical (unpaired) electrons. The molecule has 0 bridgehead atoms. The van der Waals surface area contributed by atoms with E-state index in [0.717, 1.165) is 8.96 Å². The number of ether oxygens (including phenoxy) is 3. The van der Waals surface area contributed by atoms with Gasteiger partial charge >= 0.3 is 5.97 Å². The van der Waals surface area contributed by atoms with Gasteiger partial charge in [0.1, 0.15) is 17.9 Å². The number of benzene rings is 4. The van der Waals surface area contributed by atoms with Crippen LogP contribution in [0.3, 0.4) is 0 Å². The lowest BCUT2D eigenvalue weighted by atomic mass is 10.1. The van der Waals surface area contributed by atoms with Crippen molar-refractivity contribution < 1.29 is 28.5 Å². The predicted molar refractivity (Wildman–Crippen MR) is 179 cm³/mol. The van der Waals surface area contributed by atoms with Crippen molar-refractivity contribution in [3.63, 3.8) is 0 Å². The first-order valence-electron chi connectivity index (χ1n) is 13.9. The molecular formula is C34H26IN3O7. The van der Waals surface area contributed by atoms with E-state index in [1.54, 1.807) is 61.9 Å². The smallest absolute Gasteiger partial charge is 0.335 e. The minimum absolute atomic E-state index is 0.147. The van der Waals surface area contributed by atoms with Gasteiger partial charge in [0, 0.05) is 0 Å². The van der Waals surface area contributed by atoms with Crippen LogP contribution in [-0.4, -0.2) is 40.7 Å². The number of rotatable bonds is 10. The van der Waals surface area contributed by atoms with Crippen LogP contribution in [0.2, 0.25) is 0 Å². The Kier molecular flexibility index (Phi) is 8.52. The molecule has 0 aliphatic heterocycles. The van der Waals surface area contributed by atoms with E-state index in [-0.39, 0.29) is 23.6 Å². The molecule has 6 aromatic rings. The van der Waals surface area contributed by atoms with Crippen molar-refractivity contribution in [3.8, 4) is 28.8 Å². The van der Waals surface area contributed by atoms with Gasteiger partial charge < -0.3 is 23.7 Å². The van der Waals surface area contributed by atoms with E-state index >= 15 is 0 Å². The fourth-order valence-corrected chi connectivity index (χ4v) is 5.63. The molecule has 10 nitrogen and oxygen atoms in total. The first-order valence-corrected chi connectivity index (χ1v) is 15.0. The molecule has 0 spiro atoms. The van der Waals surface area contributed by atoms with Crippen LogP contribution in [0.5, 0.6) is 17.2 Å². The summed E-state index contributed by atoms with van der Waals surface area (Å²) in [4.78, 5) is 29.8. The second-order valence-electron chi connectivity index (χ2n) is 9.85. The van der Waals surface area contributed by atoms with Crippen LogP contribution in [0.4, 0.5) is 0 Å². The summed E-state index contributed by atoms with van der Waals surface area (Å²) in [5.41, 5.74) is 2.28. The normalized spacial score (nSPS) is 11.4. The van der Waals surface area contributed by atoms with Crippen molar-refractivity contribution >= 4 is 56.6 Å². The predicted octanol–water partition coefficient (Wildman–Crippen LogP) is 6.98. The monoisotopic (exact) mass is 715 g/mol. The highest BCUT2D eigenvalue weighted by atomic mass is 127. The lowest BCUT2D eigenvalue weighted by Gasteiger charge is -2.15. The number of aromatic nitrogens is 2. The highest BCUT2D eigenvalue weighted by Gasteiger charge is 2.18. The Bertz CT molecular complexity index is 2150. The van der Waals surface area contributed by atoms with Crippen molar-refractivity contribution in [2.24, 2.45) is 5.10 Å². The van der Waals surface area contributed by atoms with E-state index in [1.807, 2.05) is 37.3 Å². The lowest BCUT2D eigenvalue weighted by molar-refractivity contribution is 0.0696. The number of hydrogen-bond acceptors (Lipinski definition) is 8. The number of para-hydroxylation sites is 1. The number of carboxylic acid groups (broad SMARTS) is 1. The summed E-state index contributed by atoms with van der Waals surface area (Å²) in [6, 6.07) is 24.5. The standard InChI is InChI=1S/C34H26IN3O7/c1-3-43-29-16-21(15-25(35)31(29)44-19-20-8-6-9-22(14-20)34(40)41)18-36-38-32(37-26-11-5-4-10-23(26)33(38)39)30-17-24-27(42-2)12-7-13-28(24)45-30/h4-18H,3,19H2,1-2H3,(H,40,41). The Morgan fingerprint density at radius 3 is 2.62 bits per heavy atom. The number of methoxy groups -OCH3 is 1. The van der Waals surface area contributed by atoms with Gasteiger partial charge in [0.15, 0.2) is 17.3 Å². The molecule has 2 heterocycles. The minimum Gasteiger partial charge on any atom is -0.496 e. The topological polar surface area (TPSA) is 125 Å². The Labute approximate surface area is 270 Å². The van der Waals surface area contributed by atoms with E-state index in [2.05, 4.69) is 27.7 Å². The molecule has 2 aromatic heterocycles. The molecule has 0 aliphatic rings. The van der Waals surface area contributed by atoms with Crippen LogP contribution >= 0.6 is 22.6 Å². The van der Waals surface area contributed by atoms with E-state index in [0.29, 0.717) is 57.2 Å². The van der Waals surface area contributed by atoms with Gasteiger partial charge in [-0.25, -0.2) is 9.78 Å². The third-order valence-corrected chi connectivity index (χ3v) is 7.73. The zero-order chi connectivity index (χ0) is 31.5. The van der Waals surface area contributed by atoms with Crippen molar-refractivity contribution in [1.82, 2.24) is 9.66 Å². The molecule has 0 unspecified atom stereocenters. The summed E-state index contributed by atoms with van der Waals surface area (Å²) in [6.07, 6.45) is 1.55. The van der Waals surface area contributed by atoms with E-state index in [4.69, 9.17) is 23.6 Å². The maximum Gasteiger partial charge on any atom is 0.335 e. The average Bonchev–Trinajstić information content (AvgIpc) is 3.49. The van der Waals surface area contributed by atoms with Gasteiger partial charge in [0.05, 0.1) is 45.4 Å². The molecule has 4 aromatic carbocycles. The molecule has 0 atom stereocenters. The molecule has 6 rings (SSSR count). The molecule has 0 saturated heterocycles. The highest BCUT2D eigenvalue weighted by molar-refractivity contribution is 14.1.